The summed E-state index contributed by atoms with van der Waals surface area (Å²) >= 11 is 0. The molecule has 118 valence electrons. The van der Waals surface area contributed by atoms with Crippen molar-refractivity contribution in [2.45, 2.75) is 26.2 Å². The molecule has 0 unspecified atom stereocenters. The molecule has 2 atom stereocenters. The highest BCUT2D eigenvalue weighted by molar-refractivity contribution is 5.95. The predicted octanol–water partition coefficient (Wildman–Crippen LogP) is 2.69. The fourth-order valence-corrected chi connectivity index (χ4v) is 3.40. The van der Waals surface area contributed by atoms with E-state index in [9.17, 15) is 9.59 Å². The number of carboxylic acid groups (broad SMARTS) is 1. The first-order valence-corrected chi connectivity index (χ1v) is 7.79. The van der Waals surface area contributed by atoms with Crippen molar-refractivity contribution in [3.63, 3.8) is 0 Å². The molecule has 22 heavy (non-hydrogen) atoms. The molecule has 1 aromatic carbocycles. The Morgan fingerprint density at radius 2 is 2.00 bits per heavy atom. The molecule has 2 aliphatic rings. The van der Waals surface area contributed by atoms with Gasteiger partial charge in [0.2, 0.25) is 5.91 Å². The van der Waals surface area contributed by atoms with Gasteiger partial charge in [0, 0.05) is 24.8 Å². The van der Waals surface area contributed by atoms with Crippen molar-refractivity contribution in [2.24, 2.45) is 17.8 Å². The third kappa shape index (κ3) is 3.14. The van der Waals surface area contributed by atoms with Gasteiger partial charge in [0.1, 0.15) is 0 Å². The second-order valence-electron chi connectivity index (χ2n) is 6.28. The summed E-state index contributed by atoms with van der Waals surface area (Å²) in [7, 11) is 0. The van der Waals surface area contributed by atoms with Gasteiger partial charge < -0.3 is 15.2 Å². The van der Waals surface area contributed by atoms with Crippen molar-refractivity contribution in [1.29, 1.82) is 0 Å². The van der Waals surface area contributed by atoms with Crippen LogP contribution in [0, 0.1) is 24.7 Å². The van der Waals surface area contributed by atoms with Crippen LogP contribution in [0.15, 0.2) is 18.2 Å². The molecule has 1 amide bonds. The fourth-order valence-electron chi connectivity index (χ4n) is 3.40. The van der Waals surface area contributed by atoms with E-state index in [1.54, 1.807) is 19.1 Å². The predicted molar refractivity (Wildman–Crippen MR) is 81.9 cm³/mol. The van der Waals surface area contributed by atoms with Crippen molar-refractivity contribution >= 4 is 17.6 Å². The van der Waals surface area contributed by atoms with Gasteiger partial charge in [-0.15, -0.1) is 0 Å². The third-order valence-electron chi connectivity index (χ3n) is 4.77. The molecule has 0 spiro atoms. The number of hydrogen-bond acceptors (Lipinski definition) is 3. The van der Waals surface area contributed by atoms with Gasteiger partial charge in [-0.05, 0) is 61.8 Å². The number of hydrogen-bond donors (Lipinski definition) is 2. The van der Waals surface area contributed by atoms with Crippen molar-refractivity contribution in [3.05, 3.63) is 29.3 Å². The summed E-state index contributed by atoms with van der Waals surface area (Å²) in [5.41, 5.74) is 1.59. The lowest BCUT2D eigenvalue weighted by Gasteiger charge is -2.22. The summed E-state index contributed by atoms with van der Waals surface area (Å²) < 4.78 is 5.36. The van der Waals surface area contributed by atoms with Crippen LogP contribution in [0.1, 0.15) is 35.2 Å². The molecule has 3 rings (SSSR count). The fraction of sp³-hybridized carbons (Fsp3) is 0.529. The lowest BCUT2D eigenvalue weighted by atomic mass is 9.93. The zero-order chi connectivity index (χ0) is 15.7. The van der Waals surface area contributed by atoms with Crippen LogP contribution >= 0.6 is 0 Å². The Morgan fingerprint density at radius 1 is 1.27 bits per heavy atom. The Balaban J connectivity index is 1.58. The van der Waals surface area contributed by atoms with E-state index in [0.717, 1.165) is 32.5 Å². The quantitative estimate of drug-likeness (QED) is 0.896. The first-order chi connectivity index (χ1) is 10.6. The van der Waals surface area contributed by atoms with Crippen LogP contribution in [0.3, 0.4) is 0 Å². The summed E-state index contributed by atoms with van der Waals surface area (Å²) in [4.78, 5) is 23.3. The molecule has 0 aromatic heterocycles. The standard InChI is InChI=1S/C17H21NO4/c1-10-8-12(2-3-13(10)17(20)21)18-16(19)15-9-14(15)11-4-6-22-7-5-11/h2-3,8,11,14-15H,4-7,9H2,1H3,(H,18,19)(H,20,21)/t14-,15+/m0/s1. The van der Waals surface area contributed by atoms with Gasteiger partial charge in [-0.1, -0.05) is 0 Å². The van der Waals surface area contributed by atoms with Crippen molar-refractivity contribution < 1.29 is 19.4 Å². The van der Waals surface area contributed by atoms with E-state index in [2.05, 4.69) is 5.32 Å². The van der Waals surface area contributed by atoms with E-state index in [1.807, 2.05) is 0 Å². The number of anilines is 1. The smallest absolute Gasteiger partial charge is 0.335 e. The molecule has 1 aliphatic heterocycles. The number of benzene rings is 1. The highest BCUT2D eigenvalue weighted by Gasteiger charge is 2.47. The summed E-state index contributed by atoms with van der Waals surface area (Å²) in [6, 6.07) is 4.91. The Hall–Kier alpha value is -1.88. The molecular weight excluding hydrogens is 282 g/mol. The Labute approximate surface area is 129 Å². The number of carboxylic acids is 1. The lowest BCUT2D eigenvalue weighted by Crippen LogP contribution is -2.21. The Bertz CT molecular complexity index is 592. The number of carbonyl (C=O) groups is 2. The minimum absolute atomic E-state index is 0.0546. The van der Waals surface area contributed by atoms with Crippen molar-refractivity contribution in [2.75, 3.05) is 18.5 Å². The minimum atomic E-state index is -0.947. The summed E-state index contributed by atoms with van der Waals surface area (Å²) in [5, 5.41) is 11.9. The zero-order valence-electron chi connectivity index (χ0n) is 12.7. The SMILES string of the molecule is Cc1cc(NC(=O)[C@@H]2C[C@H]2C2CCOCC2)ccc1C(=O)O. The molecule has 1 saturated carbocycles. The normalized spacial score (nSPS) is 24.8. The topological polar surface area (TPSA) is 75.6 Å². The van der Waals surface area contributed by atoms with Crippen LogP contribution in [-0.4, -0.2) is 30.2 Å². The third-order valence-corrected chi connectivity index (χ3v) is 4.77. The minimum Gasteiger partial charge on any atom is -0.478 e. The highest BCUT2D eigenvalue weighted by Crippen LogP contribution is 2.48. The summed E-state index contributed by atoms with van der Waals surface area (Å²) in [6.45, 7) is 3.36. The summed E-state index contributed by atoms with van der Waals surface area (Å²) in [6.07, 6.45) is 3.07. The van der Waals surface area contributed by atoms with Crippen LogP contribution in [0.5, 0.6) is 0 Å². The molecule has 2 fully saturated rings. The van der Waals surface area contributed by atoms with Gasteiger partial charge in [0.15, 0.2) is 0 Å². The van der Waals surface area contributed by atoms with Gasteiger partial charge in [-0.25, -0.2) is 4.79 Å². The number of ether oxygens (including phenoxy) is 1. The molecule has 5 heteroatoms. The number of aromatic carboxylic acids is 1. The van der Waals surface area contributed by atoms with Crippen LogP contribution in [-0.2, 0) is 9.53 Å². The maximum atomic E-state index is 12.3. The molecule has 1 saturated heterocycles. The molecule has 1 aliphatic carbocycles. The van der Waals surface area contributed by atoms with Gasteiger partial charge >= 0.3 is 5.97 Å². The monoisotopic (exact) mass is 303 g/mol. The maximum absolute atomic E-state index is 12.3. The van der Waals surface area contributed by atoms with Crippen LogP contribution < -0.4 is 5.32 Å². The number of carbonyl (C=O) groups excluding carboxylic acids is 1. The van der Waals surface area contributed by atoms with Gasteiger partial charge in [-0.2, -0.15) is 0 Å². The Kier molecular flexibility index (Phi) is 4.16. The lowest BCUT2D eigenvalue weighted by molar-refractivity contribution is -0.117. The molecular formula is C17H21NO4. The number of aryl methyl sites for hydroxylation is 1. The molecule has 0 bridgehead atoms. The van der Waals surface area contributed by atoms with E-state index in [-0.39, 0.29) is 17.4 Å². The van der Waals surface area contributed by atoms with Crippen molar-refractivity contribution in [3.8, 4) is 0 Å². The van der Waals surface area contributed by atoms with E-state index in [1.165, 1.54) is 6.07 Å². The first kappa shape index (κ1) is 15.0. The van der Waals surface area contributed by atoms with Crippen LogP contribution in [0.2, 0.25) is 0 Å². The number of nitrogens with one attached hydrogen (secondary N) is 1. The molecule has 1 heterocycles. The van der Waals surface area contributed by atoms with E-state index >= 15 is 0 Å². The average molecular weight is 303 g/mol. The van der Waals surface area contributed by atoms with E-state index < -0.39 is 5.97 Å². The Morgan fingerprint density at radius 3 is 2.64 bits per heavy atom. The maximum Gasteiger partial charge on any atom is 0.335 e. The van der Waals surface area contributed by atoms with Crippen molar-refractivity contribution in [1.82, 2.24) is 0 Å². The number of rotatable bonds is 4. The average Bonchev–Trinajstić information content (AvgIpc) is 3.28. The van der Waals surface area contributed by atoms with Crippen LogP contribution in [0.4, 0.5) is 5.69 Å². The van der Waals surface area contributed by atoms with Gasteiger partial charge in [0.25, 0.3) is 0 Å². The molecule has 0 radical (unpaired) electrons. The second-order valence-corrected chi connectivity index (χ2v) is 6.28. The molecule has 2 N–H and O–H groups in total. The van der Waals surface area contributed by atoms with E-state index in [4.69, 9.17) is 9.84 Å². The first-order valence-electron chi connectivity index (χ1n) is 7.79. The summed E-state index contributed by atoms with van der Waals surface area (Å²) in [5.74, 6) is 0.308. The zero-order valence-corrected chi connectivity index (χ0v) is 12.7. The van der Waals surface area contributed by atoms with Gasteiger partial charge in [-0.3, -0.25) is 4.79 Å². The van der Waals surface area contributed by atoms with Crippen LogP contribution in [0.25, 0.3) is 0 Å². The van der Waals surface area contributed by atoms with E-state index in [0.29, 0.717) is 23.1 Å². The molecule has 5 nitrogen and oxygen atoms in total. The van der Waals surface area contributed by atoms with Gasteiger partial charge in [0.05, 0.1) is 5.56 Å². The highest BCUT2D eigenvalue weighted by atomic mass is 16.5. The largest absolute Gasteiger partial charge is 0.478 e. The number of amides is 1. The second kappa shape index (κ2) is 6.08. The molecule has 1 aromatic rings.